The zero-order valence-electron chi connectivity index (χ0n) is 10.6. The summed E-state index contributed by atoms with van der Waals surface area (Å²) in [4.78, 5) is 14.8. The molecule has 0 aliphatic carbocycles. The van der Waals surface area contributed by atoms with Crippen LogP contribution in [0.2, 0.25) is 0 Å². The summed E-state index contributed by atoms with van der Waals surface area (Å²) >= 11 is 0. The molecule has 1 unspecified atom stereocenters. The third-order valence-electron chi connectivity index (χ3n) is 2.76. The van der Waals surface area contributed by atoms with Crippen molar-refractivity contribution in [2.75, 3.05) is 26.8 Å². The van der Waals surface area contributed by atoms with Gasteiger partial charge in [0.25, 0.3) is 0 Å². The Hall–Kier alpha value is -1.54. The number of carbonyl (C=O) groups is 1. The molecule has 0 radical (unpaired) electrons. The van der Waals surface area contributed by atoms with Crippen LogP contribution in [-0.2, 0) is 27.9 Å². The van der Waals surface area contributed by atoms with Gasteiger partial charge in [0.05, 0.1) is 39.8 Å². The van der Waals surface area contributed by atoms with E-state index in [0.29, 0.717) is 25.5 Å². The minimum absolute atomic E-state index is 0.122. The number of methoxy groups -OCH3 is 1. The van der Waals surface area contributed by atoms with Gasteiger partial charge in [0, 0.05) is 13.1 Å². The van der Waals surface area contributed by atoms with Gasteiger partial charge < -0.3 is 9.47 Å². The molecule has 2 rings (SSSR count). The molecule has 2 heterocycles. The van der Waals surface area contributed by atoms with Gasteiger partial charge in [-0.25, -0.2) is 0 Å². The van der Waals surface area contributed by atoms with E-state index in [-0.39, 0.29) is 18.5 Å². The number of aromatic nitrogens is 4. The van der Waals surface area contributed by atoms with Gasteiger partial charge in [0.1, 0.15) is 0 Å². The van der Waals surface area contributed by atoms with Crippen LogP contribution in [0.1, 0.15) is 12.2 Å². The highest BCUT2D eigenvalue weighted by atomic mass is 16.5. The number of morpholine rings is 1. The lowest BCUT2D eigenvalue weighted by atomic mass is 10.2. The van der Waals surface area contributed by atoms with Crippen LogP contribution in [0.3, 0.4) is 0 Å². The molecule has 0 aromatic carbocycles. The van der Waals surface area contributed by atoms with Gasteiger partial charge in [-0.05, 0) is 5.21 Å². The van der Waals surface area contributed by atoms with E-state index in [9.17, 15) is 4.79 Å². The van der Waals surface area contributed by atoms with Crippen LogP contribution in [0, 0.1) is 0 Å². The highest BCUT2D eigenvalue weighted by Gasteiger charge is 2.24. The SMILES string of the molecule is COC(=O)CC1CN(Cc2nnn(C)n2)CCO1. The van der Waals surface area contributed by atoms with Crippen molar-refractivity contribution in [3.63, 3.8) is 0 Å². The summed E-state index contributed by atoms with van der Waals surface area (Å²) in [6.07, 6.45) is 0.156. The van der Waals surface area contributed by atoms with Crippen LogP contribution in [0.5, 0.6) is 0 Å². The van der Waals surface area contributed by atoms with Gasteiger partial charge in [-0.2, -0.15) is 4.80 Å². The lowest BCUT2D eigenvalue weighted by molar-refractivity contribution is -0.145. The molecule has 1 aliphatic heterocycles. The Morgan fingerprint density at radius 1 is 1.61 bits per heavy atom. The first-order valence-electron chi connectivity index (χ1n) is 5.81. The first-order chi connectivity index (χ1) is 8.67. The molecule has 0 bridgehead atoms. The monoisotopic (exact) mass is 255 g/mol. The molecule has 1 saturated heterocycles. The van der Waals surface area contributed by atoms with Crippen molar-refractivity contribution in [1.82, 2.24) is 25.1 Å². The zero-order valence-corrected chi connectivity index (χ0v) is 10.6. The maximum atomic E-state index is 11.2. The summed E-state index contributed by atoms with van der Waals surface area (Å²) in [6, 6.07) is 0. The number of nitrogens with zero attached hydrogens (tertiary/aromatic N) is 5. The molecular formula is C10H17N5O3. The van der Waals surface area contributed by atoms with Crippen molar-refractivity contribution in [3.05, 3.63) is 5.82 Å². The molecular weight excluding hydrogens is 238 g/mol. The van der Waals surface area contributed by atoms with Crippen LogP contribution >= 0.6 is 0 Å². The molecule has 8 heteroatoms. The van der Waals surface area contributed by atoms with E-state index in [1.54, 1.807) is 7.05 Å². The minimum Gasteiger partial charge on any atom is -0.469 e. The molecule has 18 heavy (non-hydrogen) atoms. The van der Waals surface area contributed by atoms with E-state index in [4.69, 9.17) is 4.74 Å². The lowest BCUT2D eigenvalue weighted by Gasteiger charge is -2.31. The maximum absolute atomic E-state index is 11.2. The van der Waals surface area contributed by atoms with Crippen LogP contribution in [0.4, 0.5) is 0 Å². The molecule has 0 N–H and O–H groups in total. The van der Waals surface area contributed by atoms with Crippen molar-refractivity contribution in [3.8, 4) is 0 Å². The second-order valence-electron chi connectivity index (χ2n) is 4.20. The number of hydrogen-bond donors (Lipinski definition) is 0. The highest BCUT2D eigenvalue weighted by Crippen LogP contribution is 2.11. The van der Waals surface area contributed by atoms with E-state index < -0.39 is 0 Å². The summed E-state index contributed by atoms with van der Waals surface area (Å²) < 4.78 is 10.2. The normalized spacial score (nSPS) is 20.9. The number of aryl methyl sites for hydroxylation is 1. The summed E-state index contributed by atoms with van der Waals surface area (Å²) in [5, 5.41) is 11.9. The first kappa shape index (κ1) is 12.9. The Labute approximate surface area is 105 Å². The number of ether oxygens (including phenoxy) is 2. The van der Waals surface area contributed by atoms with Gasteiger partial charge >= 0.3 is 5.97 Å². The van der Waals surface area contributed by atoms with Crippen molar-refractivity contribution >= 4 is 5.97 Å². The molecule has 1 aliphatic rings. The van der Waals surface area contributed by atoms with E-state index in [1.165, 1.54) is 11.9 Å². The van der Waals surface area contributed by atoms with Gasteiger partial charge in [0.2, 0.25) is 0 Å². The quantitative estimate of drug-likeness (QED) is 0.636. The van der Waals surface area contributed by atoms with Gasteiger partial charge in [-0.1, -0.05) is 0 Å². The third kappa shape index (κ3) is 3.47. The fraction of sp³-hybridized carbons (Fsp3) is 0.800. The van der Waals surface area contributed by atoms with E-state index in [0.717, 1.165) is 6.54 Å². The Kier molecular flexibility index (Phi) is 4.21. The molecule has 0 saturated carbocycles. The fourth-order valence-electron chi connectivity index (χ4n) is 1.90. The lowest BCUT2D eigenvalue weighted by Crippen LogP contribution is -2.43. The van der Waals surface area contributed by atoms with Crippen LogP contribution < -0.4 is 0 Å². The predicted octanol–water partition coefficient (Wildman–Crippen LogP) is -1.03. The van der Waals surface area contributed by atoms with Crippen molar-refractivity contribution in [1.29, 1.82) is 0 Å². The average Bonchev–Trinajstić information content (AvgIpc) is 2.75. The number of esters is 1. The van der Waals surface area contributed by atoms with Gasteiger partial charge in [-0.3, -0.25) is 9.69 Å². The summed E-state index contributed by atoms with van der Waals surface area (Å²) in [6.45, 7) is 2.69. The molecule has 1 aromatic rings. The Morgan fingerprint density at radius 3 is 3.11 bits per heavy atom. The zero-order chi connectivity index (χ0) is 13.0. The van der Waals surface area contributed by atoms with E-state index in [2.05, 4.69) is 25.0 Å². The second-order valence-corrected chi connectivity index (χ2v) is 4.20. The van der Waals surface area contributed by atoms with Gasteiger partial charge in [-0.15, -0.1) is 10.2 Å². The van der Waals surface area contributed by atoms with Gasteiger partial charge in [0.15, 0.2) is 5.82 Å². The first-order valence-corrected chi connectivity index (χ1v) is 5.81. The number of tetrazole rings is 1. The van der Waals surface area contributed by atoms with Crippen molar-refractivity contribution < 1.29 is 14.3 Å². The average molecular weight is 255 g/mol. The standard InChI is InChI=1S/C10H17N5O3/c1-14-12-9(11-13-14)7-15-3-4-18-8(6-15)5-10(16)17-2/h8H,3-7H2,1-2H3. The van der Waals surface area contributed by atoms with E-state index in [1.807, 2.05) is 0 Å². The number of carbonyl (C=O) groups excluding carboxylic acids is 1. The molecule has 0 amide bonds. The minimum atomic E-state index is -0.250. The maximum Gasteiger partial charge on any atom is 0.308 e. The van der Waals surface area contributed by atoms with Crippen LogP contribution in [0.25, 0.3) is 0 Å². The Morgan fingerprint density at radius 2 is 2.44 bits per heavy atom. The summed E-state index contributed by atoms with van der Waals surface area (Å²) in [7, 11) is 3.11. The molecule has 8 nitrogen and oxygen atoms in total. The summed E-state index contributed by atoms with van der Waals surface area (Å²) in [5.41, 5.74) is 0. The number of rotatable bonds is 4. The topological polar surface area (TPSA) is 82.4 Å². The smallest absolute Gasteiger partial charge is 0.308 e. The fourth-order valence-corrected chi connectivity index (χ4v) is 1.90. The Balaban J connectivity index is 1.84. The van der Waals surface area contributed by atoms with Crippen LogP contribution in [-0.4, -0.2) is 64.0 Å². The third-order valence-corrected chi connectivity index (χ3v) is 2.76. The summed E-state index contributed by atoms with van der Waals surface area (Å²) in [5.74, 6) is 0.427. The molecule has 1 aromatic heterocycles. The van der Waals surface area contributed by atoms with E-state index >= 15 is 0 Å². The highest BCUT2D eigenvalue weighted by molar-refractivity contribution is 5.69. The van der Waals surface area contributed by atoms with Crippen LogP contribution in [0.15, 0.2) is 0 Å². The largest absolute Gasteiger partial charge is 0.469 e. The Bertz CT molecular complexity index is 408. The molecule has 1 fully saturated rings. The second kappa shape index (κ2) is 5.87. The predicted molar refractivity (Wildman–Crippen MR) is 60.4 cm³/mol. The molecule has 1 atom stereocenters. The number of hydrogen-bond acceptors (Lipinski definition) is 7. The molecule has 0 spiro atoms. The van der Waals surface area contributed by atoms with Crippen molar-refractivity contribution in [2.45, 2.75) is 19.1 Å². The van der Waals surface area contributed by atoms with Crippen molar-refractivity contribution in [2.24, 2.45) is 7.05 Å². The molecule has 100 valence electrons.